The van der Waals surface area contributed by atoms with E-state index in [0.717, 1.165) is 37.7 Å². The molecule has 3 rings (SSSR count). The van der Waals surface area contributed by atoms with Crippen molar-refractivity contribution in [1.29, 1.82) is 0 Å². The maximum atomic E-state index is 13.7. The number of carbonyl (C=O) groups excluding carboxylic acids is 1. The Bertz CT molecular complexity index is 759. The first kappa shape index (κ1) is 20.8. The van der Waals surface area contributed by atoms with Crippen molar-refractivity contribution >= 4 is 11.6 Å². The molecule has 1 aromatic rings. The van der Waals surface area contributed by atoms with Gasteiger partial charge in [0.05, 0.1) is 0 Å². The molecule has 28 heavy (non-hydrogen) atoms. The number of hydrogen-bond acceptors (Lipinski definition) is 3. The summed E-state index contributed by atoms with van der Waals surface area (Å²) in [7, 11) is 0. The Balaban J connectivity index is 1.92. The standard InChI is InChI=1S/C21H27F3N2O2/c1-19(2,3)16-11-9-15(10-12-16)18(27)26-20(28,21(22,23)24)13-17(25-26)14-7-5-4-6-8-14/h9-12,14,28H,4-8,13H2,1-3H3/t20-/m0/s1. The van der Waals surface area contributed by atoms with Gasteiger partial charge in [-0.3, -0.25) is 4.79 Å². The van der Waals surface area contributed by atoms with Gasteiger partial charge in [-0.1, -0.05) is 52.2 Å². The van der Waals surface area contributed by atoms with Gasteiger partial charge in [0.25, 0.3) is 11.6 Å². The van der Waals surface area contributed by atoms with Gasteiger partial charge in [-0.15, -0.1) is 0 Å². The lowest BCUT2D eigenvalue weighted by Crippen LogP contribution is -2.56. The molecule has 1 saturated carbocycles. The number of hydrogen-bond donors (Lipinski definition) is 1. The van der Waals surface area contributed by atoms with Crippen LogP contribution < -0.4 is 0 Å². The molecule has 1 heterocycles. The zero-order valence-corrected chi connectivity index (χ0v) is 16.5. The largest absolute Gasteiger partial charge is 0.438 e. The number of carbonyl (C=O) groups is 1. The van der Waals surface area contributed by atoms with E-state index >= 15 is 0 Å². The number of hydrazone groups is 1. The molecule has 1 N–H and O–H groups in total. The highest BCUT2D eigenvalue weighted by Gasteiger charge is 2.63. The van der Waals surface area contributed by atoms with Gasteiger partial charge in [0.2, 0.25) is 0 Å². The number of rotatable bonds is 2. The van der Waals surface area contributed by atoms with Crippen molar-refractivity contribution in [1.82, 2.24) is 5.01 Å². The van der Waals surface area contributed by atoms with Crippen LogP contribution >= 0.6 is 0 Å². The summed E-state index contributed by atoms with van der Waals surface area (Å²) in [6.07, 6.45) is -1.27. The monoisotopic (exact) mass is 396 g/mol. The van der Waals surface area contributed by atoms with Crippen LogP contribution in [0.25, 0.3) is 0 Å². The molecule has 1 amide bonds. The quantitative estimate of drug-likeness (QED) is 0.763. The lowest BCUT2D eigenvalue weighted by atomic mass is 9.83. The molecule has 1 aliphatic carbocycles. The fourth-order valence-electron chi connectivity index (χ4n) is 3.90. The van der Waals surface area contributed by atoms with Crippen LogP contribution in [-0.2, 0) is 5.41 Å². The summed E-state index contributed by atoms with van der Waals surface area (Å²) in [6, 6.07) is 6.44. The normalized spacial score (nSPS) is 24.4. The minimum Gasteiger partial charge on any atom is -0.362 e. The second-order valence-electron chi connectivity index (χ2n) is 8.86. The van der Waals surface area contributed by atoms with Crippen molar-refractivity contribution in [2.75, 3.05) is 0 Å². The Hall–Kier alpha value is -1.89. The molecule has 0 unspecified atom stereocenters. The summed E-state index contributed by atoms with van der Waals surface area (Å²) < 4.78 is 41.1. The summed E-state index contributed by atoms with van der Waals surface area (Å²) in [5.74, 6) is -1.05. The van der Waals surface area contributed by atoms with Crippen molar-refractivity contribution < 1.29 is 23.1 Å². The van der Waals surface area contributed by atoms with Crippen LogP contribution in [0.4, 0.5) is 13.2 Å². The second-order valence-corrected chi connectivity index (χ2v) is 8.86. The lowest BCUT2D eigenvalue weighted by Gasteiger charge is -2.33. The predicted octanol–water partition coefficient (Wildman–Crippen LogP) is 5.02. The maximum Gasteiger partial charge on any atom is 0.438 e. The molecule has 1 fully saturated rings. The minimum absolute atomic E-state index is 0.0734. The number of nitrogens with zero attached hydrogens (tertiary/aromatic N) is 2. The van der Waals surface area contributed by atoms with Crippen LogP contribution in [0.2, 0.25) is 0 Å². The average Bonchev–Trinajstić information content (AvgIpc) is 3.00. The van der Waals surface area contributed by atoms with Crippen molar-refractivity contribution in [3.63, 3.8) is 0 Å². The molecule has 1 aromatic carbocycles. The summed E-state index contributed by atoms with van der Waals surface area (Å²) in [4.78, 5) is 12.9. The average molecular weight is 396 g/mol. The number of aliphatic hydroxyl groups is 1. The minimum atomic E-state index is -4.99. The van der Waals surface area contributed by atoms with Gasteiger partial charge in [-0.2, -0.15) is 23.3 Å². The van der Waals surface area contributed by atoms with Crippen LogP contribution in [0, 0.1) is 5.92 Å². The topological polar surface area (TPSA) is 52.9 Å². The number of alkyl halides is 3. The van der Waals surface area contributed by atoms with Gasteiger partial charge < -0.3 is 5.11 Å². The highest BCUT2D eigenvalue weighted by molar-refractivity contribution is 5.99. The lowest BCUT2D eigenvalue weighted by molar-refractivity contribution is -0.297. The zero-order valence-electron chi connectivity index (χ0n) is 16.5. The second kappa shape index (κ2) is 7.17. The third kappa shape index (κ3) is 3.81. The SMILES string of the molecule is CC(C)(C)c1ccc(C(=O)N2N=C(C3CCCCC3)C[C@]2(O)C(F)(F)F)cc1. The fourth-order valence-corrected chi connectivity index (χ4v) is 3.90. The zero-order chi connectivity index (χ0) is 20.7. The van der Waals surface area contributed by atoms with E-state index in [9.17, 15) is 23.1 Å². The Morgan fingerprint density at radius 2 is 1.68 bits per heavy atom. The highest BCUT2D eigenvalue weighted by Crippen LogP contribution is 2.43. The summed E-state index contributed by atoms with van der Waals surface area (Å²) in [5.41, 5.74) is -2.13. The third-order valence-corrected chi connectivity index (χ3v) is 5.73. The van der Waals surface area contributed by atoms with Crippen molar-refractivity contribution in [2.45, 2.75) is 76.6 Å². The molecular weight excluding hydrogens is 369 g/mol. The van der Waals surface area contributed by atoms with E-state index in [0.29, 0.717) is 0 Å². The van der Waals surface area contributed by atoms with E-state index in [2.05, 4.69) is 5.10 Å². The first-order chi connectivity index (χ1) is 12.9. The molecular formula is C21H27F3N2O2. The molecule has 7 heteroatoms. The molecule has 0 aromatic heterocycles. The van der Waals surface area contributed by atoms with Gasteiger partial charge in [-0.25, -0.2) is 0 Å². The molecule has 1 atom stereocenters. The van der Waals surface area contributed by atoms with Crippen LogP contribution in [0.15, 0.2) is 29.4 Å². The molecule has 0 spiro atoms. The first-order valence-corrected chi connectivity index (χ1v) is 9.75. The van der Waals surface area contributed by atoms with Gasteiger partial charge >= 0.3 is 6.18 Å². The predicted molar refractivity (Wildman–Crippen MR) is 101 cm³/mol. The molecule has 1 aliphatic heterocycles. The highest BCUT2D eigenvalue weighted by atomic mass is 19.4. The van der Waals surface area contributed by atoms with Gasteiger partial charge in [0.1, 0.15) is 0 Å². The van der Waals surface area contributed by atoms with Gasteiger partial charge in [0, 0.05) is 17.7 Å². The molecule has 4 nitrogen and oxygen atoms in total. The Morgan fingerprint density at radius 3 is 2.18 bits per heavy atom. The van der Waals surface area contributed by atoms with Crippen molar-refractivity contribution in [3.8, 4) is 0 Å². The van der Waals surface area contributed by atoms with Crippen LogP contribution in [0.1, 0.15) is 75.2 Å². The Morgan fingerprint density at radius 1 is 1.11 bits per heavy atom. The van der Waals surface area contributed by atoms with Gasteiger partial charge in [-0.05, 0) is 41.9 Å². The number of benzene rings is 1. The van der Waals surface area contributed by atoms with E-state index in [-0.39, 0.29) is 27.6 Å². The van der Waals surface area contributed by atoms with Crippen LogP contribution in [-0.4, -0.2) is 33.6 Å². The maximum absolute atomic E-state index is 13.7. The molecule has 154 valence electrons. The number of amides is 1. The van der Waals surface area contributed by atoms with E-state index in [1.165, 1.54) is 12.1 Å². The first-order valence-electron chi connectivity index (χ1n) is 9.75. The smallest absolute Gasteiger partial charge is 0.362 e. The van der Waals surface area contributed by atoms with Crippen molar-refractivity contribution in [3.05, 3.63) is 35.4 Å². The number of halogens is 3. The Labute approximate surface area is 163 Å². The van der Waals surface area contributed by atoms with Crippen molar-refractivity contribution in [2.24, 2.45) is 11.0 Å². The molecule has 0 saturated heterocycles. The van der Waals surface area contributed by atoms with E-state index < -0.39 is 24.2 Å². The van der Waals surface area contributed by atoms with E-state index in [1.807, 2.05) is 20.8 Å². The summed E-state index contributed by atoms with van der Waals surface area (Å²) >= 11 is 0. The summed E-state index contributed by atoms with van der Waals surface area (Å²) in [5, 5.41) is 14.7. The molecule has 0 bridgehead atoms. The van der Waals surface area contributed by atoms with Crippen LogP contribution in [0.3, 0.4) is 0 Å². The van der Waals surface area contributed by atoms with Crippen LogP contribution in [0.5, 0.6) is 0 Å². The van der Waals surface area contributed by atoms with Gasteiger partial charge in [0.15, 0.2) is 0 Å². The Kier molecular flexibility index (Phi) is 5.34. The fraction of sp³-hybridized carbons (Fsp3) is 0.619. The molecule has 2 aliphatic rings. The van der Waals surface area contributed by atoms with E-state index in [4.69, 9.17) is 0 Å². The third-order valence-electron chi connectivity index (χ3n) is 5.73. The van der Waals surface area contributed by atoms with E-state index in [1.54, 1.807) is 12.1 Å². The summed E-state index contributed by atoms with van der Waals surface area (Å²) in [6.45, 7) is 6.02. The molecule has 0 radical (unpaired) electrons.